The summed E-state index contributed by atoms with van der Waals surface area (Å²) < 4.78 is 2.68. The average Bonchev–Trinajstić information content (AvgIpc) is 3.24. The van der Waals surface area contributed by atoms with Gasteiger partial charge < -0.3 is 9.47 Å². The lowest BCUT2D eigenvalue weighted by Gasteiger charge is -2.34. The van der Waals surface area contributed by atoms with Crippen LogP contribution in [-0.4, -0.2) is 53.0 Å². The fourth-order valence-corrected chi connectivity index (χ4v) is 4.25. The second-order valence-electron chi connectivity index (χ2n) is 7.42. The molecule has 0 radical (unpaired) electrons. The quantitative estimate of drug-likeness (QED) is 0.543. The fraction of sp³-hybridized carbons (Fsp3) is 0.200. The molecule has 1 fully saturated rings. The number of carbonyl (C=O) groups excluding carboxylic acids is 1. The van der Waals surface area contributed by atoms with Crippen LogP contribution in [0.25, 0.3) is 11.8 Å². The summed E-state index contributed by atoms with van der Waals surface area (Å²) in [5.74, 6) is -0.100. The van der Waals surface area contributed by atoms with Gasteiger partial charge in [0.2, 0.25) is 0 Å². The minimum atomic E-state index is -0.100. The van der Waals surface area contributed by atoms with Crippen LogP contribution in [0.15, 0.2) is 77.4 Å². The number of carbonyl (C=O) groups is 1. The molecule has 1 aromatic heterocycles. The molecule has 5 nitrogen and oxygen atoms in total. The van der Waals surface area contributed by atoms with E-state index in [1.54, 1.807) is 16.8 Å². The smallest absolute Gasteiger partial charge is 0.272 e. The van der Waals surface area contributed by atoms with Gasteiger partial charge in [-0.15, -0.1) is 0 Å². The molecule has 0 spiro atoms. The maximum absolute atomic E-state index is 13.4. The molecular formula is C25H23BrN4O. The van der Waals surface area contributed by atoms with Crippen molar-refractivity contribution in [3.63, 3.8) is 0 Å². The molecule has 1 saturated heterocycles. The van der Waals surface area contributed by atoms with Crippen LogP contribution in [0.1, 0.15) is 21.6 Å². The molecule has 0 aliphatic carbocycles. The van der Waals surface area contributed by atoms with Gasteiger partial charge in [-0.1, -0.05) is 54.6 Å². The topological polar surface area (TPSA) is 52.3 Å². The second-order valence-corrected chi connectivity index (χ2v) is 8.27. The van der Waals surface area contributed by atoms with Crippen molar-refractivity contribution in [1.29, 1.82) is 5.26 Å². The Labute approximate surface area is 190 Å². The minimum Gasteiger partial charge on any atom is -0.335 e. The Balaban J connectivity index is 1.44. The SMILES string of the molecule is N#Cc1ccn(-c2ccccc2Br)c1C(=O)N1CCN(CC=Cc2ccccc2)CC1. The first kappa shape index (κ1) is 21.1. The average molecular weight is 475 g/mol. The molecule has 1 aliphatic heterocycles. The number of benzene rings is 2. The summed E-state index contributed by atoms with van der Waals surface area (Å²) in [6.45, 7) is 3.76. The van der Waals surface area contributed by atoms with Crippen LogP contribution in [0.2, 0.25) is 0 Å². The van der Waals surface area contributed by atoms with Gasteiger partial charge in [-0.25, -0.2) is 0 Å². The predicted octanol–water partition coefficient (Wildman–Crippen LogP) is 4.58. The first-order valence-electron chi connectivity index (χ1n) is 10.3. The number of nitriles is 1. The molecule has 0 N–H and O–H groups in total. The van der Waals surface area contributed by atoms with E-state index >= 15 is 0 Å². The summed E-state index contributed by atoms with van der Waals surface area (Å²) in [6.07, 6.45) is 6.08. The van der Waals surface area contributed by atoms with Crippen LogP contribution in [0.4, 0.5) is 0 Å². The molecule has 156 valence electrons. The largest absolute Gasteiger partial charge is 0.335 e. The lowest BCUT2D eigenvalue weighted by molar-refractivity contribution is 0.0642. The van der Waals surface area contributed by atoms with Crippen LogP contribution >= 0.6 is 15.9 Å². The molecule has 4 rings (SSSR count). The summed E-state index contributed by atoms with van der Waals surface area (Å²) in [7, 11) is 0. The predicted molar refractivity (Wildman–Crippen MR) is 126 cm³/mol. The van der Waals surface area contributed by atoms with Gasteiger partial charge in [0.05, 0.1) is 11.3 Å². The highest BCUT2D eigenvalue weighted by atomic mass is 79.9. The van der Waals surface area contributed by atoms with Gasteiger partial charge in [0, 0.05) is 43.4 Å². The van der Waals surface area contributed by atoms with Gasteiger partial charge in [-0.3, -0.25) is 9.69 Å². The molecule has 0 bridgehead atoms. The molecule has 1 aliphatic rings. The number of hydrogen-bond donors (Lipinski definition) is 0. The lowest BCUT2D eigenvalue weighted by atomic mass is 10.2. The van der Waals surface area contributed by atoms with Crippen molar-refractivity contribution < 1.29 is 4.79 Å². The summed E-state index contributed by atoms with van der Waals surface area (Å²) in [5.41, 5.74) is 2.85. The van der Waals surface area contributed by atoms with Gasteiger partial charge in [0.15, 0.2) is 0 Å². The highest BCUT2D eigenvalue weighted by Gasteiger charge is 2.27. The standard InChI is InChI=1S/C25H23BrN4O/c26-22-10-4-5-11-23(22)30-14-12-21(19-27)24(30)25(31)29-17-15-28(16-18-29)13-6-9-20-7-2-1-3-8-20/h1-12,14H,13,15-18H2. The van der Waals surface area contributed by atoms with Crippen molar-refractivity contribution in [3.8, 4) is 11.8 Å². The zero-order valence-corrected chi connectivity index (χ0v) is 18.7. The van der Waals surface area contributed by atoms with E-state index in [-0.39, 0.29) is 5.91 Å². The van der Waals surface area contributed by atoms with E-state index in [1.165, 1.54) is 5.56 Å². The Morgan fingerprint density at radius 3 is 2.42 bits per heavy atom. The fourth-order valence-electron chi connectivity index (χ4n) is 3.77. The molecule has 2 aromatic carbocycles. The Bertz CT molecular complexity index is 1120. The third kappa shape index (κ3) is 4.79. The maximum Gasteiger partial charge on any atom is 0.272 e. The maximum atomic E-state index is 13.4. The van der Waals surface area contributed by atoms with E-state index in [0.29, 0.717) is 24.3 Å². The molecule has 1 amide bonds. The third-order valence-electron chi connectivity index (χ3n) is 5.45. The summed E-state index contributed by atoms with van der Waals surface area (Å²) >= 11 is 3.55. The minimum absolute atomic E-state index is 0.100. The normalized spacial score (nSPS) is 14.6. The molecule has 0 atom stereocenters. The van der Waals surface area contributed by atoms with E-state index in [0.717, 1.165) is 29.8 Å². The van der Waals surface area contributed by atoms with Gasteiger partial charge in [0.25, 0.3) is 5.91 Å². The molecule has 0 saturated carbocycles. The zero-order chi connectivity index (χ0) is 21.6. The monoisotopic (exact) mass is 474 g/mol. The number of halogens is 1. The highest BCUT2D eigenvalue weighted by Crippen LogP contribution is 2.25. The third-order valence-corrected chi connectivity index (χ3v) is 6.12. The Kier molecular flexibility index (Phi) is 6.66. The van der Waals surface area contributed by atoms with Gasteiger partial charge in [-0.2, -0.15) is 5.26 Å². The van der Waals surface area contributed by atoms with E-state index < -0.39 is 0 Å². The van der Waals surface area contributed by atoms with Gasteiger partial charge >= 0.3 is 0 Å². The van der Waals surface area contributed by atoms with Gasteiger partial charge in [0.1, 0.15) is 11.8 Å². The molecular weight excluding hydrogens is 452 g/mol. The van der Waals surface area contributed by atoms with Crippen molar-refractivity contribution in [2.75, 3.05) is 32.7 Å². The van der Waals surface area contributed by atoms with Crippen LogP contribution in [-0.2, 0) is 0 Å². The molecule has 6 heteroatoms. The Morgan fingerprint density at radius 1 is 1.00 bits per heavy atom. The van der Waals surface area contributed by atoms with Crippen molar-refractivity contribution in [2.24, 2.45) is 0 Å². The van der Waals surface area contributed by atoms with E-state index in [2.05, 4.69) is 51.2 Å². The highest BCUT2D eigenvalue weighted by molar-refractivity contribution is 9.10. The number of amides is 1. The molecule has 0 unspecified atom stereocenters. The van der Waals surface area contributed by atoms with Gasteiger partial charge in [-0.05, 0) is 39.7 Å². The summed E-state index contributed by atoms with van der Waals surface area (Å²) in [6, 6.07) is 21.8. The molecule has 3 aromatic rings. The van der Waals surface area contributed by atoms with E-state index in [9.17, 15) is 10.1 Å². The van der Waals surface area contributed by atoms with Crippen molar-refractivity contribution in [1.82, 2.24) is 14.4 Å². The summed E-state index contributed by atoms with van der Waals surface area (Å²) in [5, 5.41) is 9.57. The van der Waals surface area contributed by atoms with Crippen LogP contribution in [0, 0.1) is 11.3 Å². The number of hydrogen-bond acceptors (Lipinski definition) is 3. The number of nitrogens with zero attached hydrogens (tertiary/aromatic N) is 4. The van der Waals surface area contributed by atoms with E-state index in [4.69, 9.17) is 0 Å². The number of piperazine rings is 1. The van der Waals surface area contributed by atoms with Crippen LogP contribution in [0.5, 0.6) is 0 Å². The van der Waals surface area contributed by atoms with Crippen molar-refractivity contribution in [2.45, 2.75) is 0 Å². The molecule has 2 heterocycles. The van der Waals surface area contributed by atoms with Crippen molar-refractivity contribution >= 4 is 27.9 Å². The second kappa shape index (κ2) is 9.78. The Morgan fingerprint density at radius 2 is 1.71 bits per heavy atom. The number of aromatic nitrogens is 1. The van der Waals surface area contributed by atoms with Crippen LogP contribution in [0.3, 0.4) is 0 Å². The number of rotatable bonds is 5. The lowest BCUT2D eigenvalue weighted by Crippen LogP contribution is -2.49. The number of para-hydroxylation sites is 1. The van der Waals surface area contributed by atoms with E-state index in [1.807, 2.05) is 47.4 Å². The van der Waals surface area contributed by atoms with Crippen LogP contribution < -0.4 is 0 Å². The first-order valence-corrected chi connectivity index (χ1v) is 11.1. The molecule has 31 heavy (non-hydrogen) atoms. The zero-order valence-electron chi connectivity index (χ0n) is 17.1. The van der Waals surface area contributed by atoms with Crippen molar-refractivity contribution in [3.05, 3.63) is 94.2 Å². The summed E-state index contributed by atoms with van der Waals surface area (Å²) in [4.78, 5) is 17.5. The Hall–Kier alpha value is -3.14. The first-order chi connectivity index (χ1) is 15.2.